The van der Waals surface area contributed by atoms with Crippen molar-refractivity contribution in [2.45, 2.75) is 26.3 Å². The maximum Gasteiger partial charge on any atom is 0.105 e. The number of nitrogens with two attached hydrogens (primary N) is 1. The number of hydrogen-bond donors (Lipinski definition) is 1. The Morgan fingerprint density at radius 2 is 2.33 bits per heavy atom. The summed E-state index contributed by atoms with van der Waals surface area (Å²) in [7, 11) is 0. The zero-order chi connectivity index (χ0) is 6.91. The highest BCUT2D eigenvalue weighted by molar-refractivity contribution is 4.86. The van der Waals surface area contributed by atoms with Crippen LogP contribution in [0.5, 0.6) is 0 Å². The van der Waals surface area contributed by atoms with Crippen LogP contribution in [-0.2, 0) is 0 Å². The van der Waals surface area contributed by atoms with E-state index in [2.05, 4.69) is 31.8 Å². The molecule has 52 valence electrons. The number of quaternary nitrogens is 1. The second-order valence-electron chi connectivity index (χ2n) is 3.71. The van der Waals surface area contributed by atoms with Crippen molar-refractivity contribution in [3.05, 3.63) is 12.7 Å². The van der Waals surface area contributed by atoms with Crippen molar-refractivity contribution in [2.75, 3.05) is 6.54 Å². The predicted molar refractivity (Wildman–Crippen MR) is 39.2 cm³/mol. The van der Waals surface area contributed by atoms with Crippen molar-refractivity contribution in [2.24, 2.45) is 5.41 Å². The van der Waals surface area contributed by atoms with Gasteiger partial charge in [0.15, 0.2) is 0 Å². The van der Waals surface area contributed by atoms with Crippen LogP contribution in [0.1, 0.15) is 20.3 Å². The average Bonchev–Trinajstić information content (AvgIpc) is 2.10. The Balaban J connectivity index is 2.47. The van der Waals surface area contributed by atoms with Crippen LogP contribution >= 0.6 is 0 Å². The SMILES string of the molecule is C=CC1CC(C)(C)C[NH2+]1. The van der Waals surface area contributed by atoms with E-state index in [9.17, 15) is 0 Å². The molecule has 1 saturated heterocycles. The van der Waals surface area contributed by atoms with E-state index in [1.54, 1.807) is 0 Å². The van der Waals surface area contributed by atoms with E-state index in [4.69, 9.17) is 0 Å². The Hall–Kier alpha value is -0.300. The van der Waals surface area contributed by atoms with Crippen LogP contribution in [0, 0.1) is 5.41 Å². The fraction of sp³-hybridized carbons (Fsp3) is 0.750. The molecule has 1 unspecified atom stereocenters. The Bertz CT molecular complexity index is 116. The van der Waals surface area contributed by atoms with Gasteiger partial charge in [0.2, 0.25) is 0 Å². The lowest BCUT2D eigenvalue weighted by molar-refractivity contribution is -0.663. The fourth-order valence-electron chi connectivity index (χ4n) is 1.45. The highest BCUT2D eigenvalue weighted by atomic mass is 15.0. The van der Waals surface area contributed by atoms with Crippen LogP contribution in [-0.4, -0.2) is 12.6 Å². The third-order valence-corrected chi connectivity index (χ3v) is 2.06. The van der Waals surface area contributed by atoms with Crippen molar-refractivity contribution < 1.29 is 5.32 Å². The zero-order valence-electron chi connectivity index (χ0n) is 6.35. The monoisotopic (exact) mass is 126 g/mol. The van der Waals surface area contributed by atoms with Crippen LogP contribution in [0.15, 0.2) is 12.7 Å². The molecule has 1 heterocycles. The summed E-state index contributed by atoms with van der Waals surface area (Å²) in [5.74, 6) is 0. The summed E-state index contributed by atoms with van der Waals surface area (Å²) in [6.45, 7) is 9.66. The van der Waals surface area contributed by atoms with E-state index in [1.807, 2.05) is 0 Å². The molecular weight excluding hydrogens is 110 g/mol. The lowest BCUT2D eigenvalue weighted by Crippen LogP contribution is -2.86. The van der Waals surface area contributed by atoms with E-state index in [-0.39, 0.29) is 0 Å². The molecule has 9 heavy (non-hydrogen) atoms. The summed E-state index contributed by atoms with van der Waals surface area (Å²) in [4.78, 5) is 0. The van der Waals surface area contributed by atoms with Gasteiger partial charge in [-0.1, -0.05) is 20.4 Å². The van der Waals surface area contributed by atoms with E-state index in [0.29, 0.717) is 11.5 Å². The minimum Gasteiger partial charge on any atom is -0.340 e. The standard InChI is InChI=1S/C8H15N/c1-4-7-5-8(2,3)6-9-7/h4,7,9H,1,5-6H2,2-3H3/p+1. The van der Waals surface area contributed by atoms with Crippen molar-refractivity contribution in [1.82, 2.24) is 0 Å². The predicted octanol–water partition coefficient (Wildman–Crippen LogP) is 0.534. The molecule has 1 atom stereocenters. The van der Waals surface area contributed by atoms with Crippen molar-refractivity contribution in [3.63, 3.8) is 0 Å². The first kappa shape index (κ1) is 6.81. The zero-order valence-corrected chi connectivity index (χ0v) is 6.35. The minimum absolute atomic E-state index is 0.541. The fourth-order valence-corrected chi connectivity index (χ4v) is 1.45. The maximum atomic E-state index is 3.78. The maximum absolute atomic E-state index is 3.78. The first-order chi connectivity index (χ1) is 4.14. The molecular formula is C8H16N+. The smallest absolute Gasteiger partial charge is 0.105 e. The largest absolute Gasteiger partial charge is 0.340 e. The molecule has 0 bridgehead atoms. The molecule has 0 saturated carbocycles. The van der Waals surface area contributed by atoms with Crippen LogP contribution < -0.4 is 5.32 Å². The van der Waals surface area contributed by atoms with E-state index in [0.717, 1.165) is 0 Å². The second kappa shape index (κ2) is 2.14. The van der Waals surface area contributed by atoms with Crippen molar-refractivity contribution >= 4 is 0 Å². The van der Waals surface area contributed by atoms with Gasteiger partial charge in [-0.05, 0) is 6.08 Å². The van der Waals surface area contributed by atoms with Gasteiger partial charge < -0.3 is 5.32 Å². The van der Waals surface area contributed by atoms with Gasteiger partial charge in [-0.3, -0.25) is 0 Å². The van der Waals surface area contributed by atoms with E-state index in [1.165, 1.54) is 13.0 Å². The summed E-state index contributed by atoms with van der Waals surface area (Å²) in [5.41, 5.74) is 0.541. The highest BCUT2D eigenvalue weighted by Crippen LogP contribution is 2.22. The van der Waals surface area contributed by atoms with E-state index < -0.39 is 0 Å². The minimum atomic E-state index is 0.541. The van der Waals surface area contributed by atoms with Crippen molar-refractivity contribution in [3.8, 4) is 0 Å². The molecule has 1 aliphatic rings. The highest BCUT2D eigenvalue weighted by Gasteiger charge is 2.32. The molecule has 1 nitrogen and oxygen atoms in total. The molecule has 1 fully saturated rings. The molecule has 1 aliphatic heterocycles. The summed E-state index contributed by atoms with van der Waals surface area (Å²) in [5, 5.41) is 2.37. The molecule has 0 radical (unpaired) electrons. The van der Waals surface area contributed by atoms with Gasteiger partial charge in [-0.25, -0.2) is 0 Å². The number of hydrogen-bond acceptors (Lipinski definition) is 0. The Morgan fingerprint density at radius 1 is 1.67 bits per heavy atom. The van der Waals surface area contributed by atoms with Gasteiger partial charge in [0, 0.05) is 11.8 Å². The molecule has 0 aromatic heterocycles. The molecule has 1 rings (SSSR count). The van der Waals surface area contributed by atoms with E-state index >= 15 is 0 Å². The van der Waals surface area contributed by atoms with Crippen molar-refractivity contribution in [1.29, 1.82) is 0 Å². The van der Waals surface area contributed by atoms with Gasteiger partial charge in [-0.15, -0.1) is 0 Å². The Morgan fingerprint density at radius 3 is 2.56 bits per heavy atom. The summed E-state index contributed by atoms with van der Waals surface area (Å²) >= 11 is 0. The molecule has 0 spiro atoms. The molecule has 0 aliphatic carbocycles. The third kappa shape index (κ3) is 1.55. The summed E-state index contributed by atoms with van der Waals surface area (Å²) in [6, 6.07) is 0.681. The van der Waals surface area contributed by atoms with Gasteiger partial charge in [0.25, 0.3) is 0 Å². The first-order valence-electron chi connectivity index (χ1n) is 3.60. The van der Waals surface area contributed by atoms with Crippen LogP contribution in [0.25, 0.3) is 0 Å². The topological polar surface area (TPSA) is 16.6 Å². The van der Waals surface area contributed by atoms with Gasteiger partial charge in [-0.2, -0.15) is 0 Å². The molecule has 1 heteroatoms. The summed E-state index contributed by atoms with van der Waals surface area (Å²) < 4.78 is 0. The lowest BCUT2D eigenvalue weighted by Gasteiger charge is -2.09. The molecule has 2 N–H and O–H groups in total. The molecule has 0 amide bonds. The normalized spacial score (nSPS) is 32.4. The molecule has 0 aromatic rings. The second-order valence-corrected chi connectivity index (χ2v) is 3.71. The Kier molecular flexibility index (Phi) is 1.62. The lowest BCUT2D eigenvalue weighted by atomic mass is 9.91. The van der Waals surface area contributed by atoms with Gasteiger partial charge in [0.1, 0.15) is 6.04 Å². The van der Waals surface area contributed by atoms with Gasteiger partial charge >= 0.3 is 0 Å². The Labute approximate surface area is 57.1 Å². The third-order valence-electron chi connectivity index (χ3n) is 2.06. The van der Waals surface area contributed by atoms with Crippen LogP contribution in [0.2, 0.25) is 0 Å². The molecule has 0 aromatic carbocycles. The quantitative estimate of drug-likeness (QED) is 0.494. The summed E-state index contributed by atoms with van der Waals surface area (Å²) in [6.07, 6.45) is 3.34. The first-order valence-corrected chi connectivity index (χ1v) is 3.60. The average molecular weight is 126 g/mol. The van der Waals surface area contributed by atoms with Crippen LogP contribution in [0.3, 0.4) is 0 Å². The van der Waals surface area contributed by atoms with Crippen LogP contribution in [0.4, 0.5) is 0 Å². The number of rotatable bonds is 1. The van der Waals surface area contributed by atoms with Gasteiger partial charge in [0.05, 0.1) is 6.54 Å².